The third kappa shape index (κ3) is 4.98. The molecule has 0 unspecified atom stereocenters. The van der Waals surface area contributed by atoms with E-state index in [2.05, 4.69) is 11.4 Å². The van der Waals surface area contributed by atoms with Crippen LogP contribution in [0.3, 0.4) is 0 Å². The molecule has 3 rings (SSSR count). The fraction of sp³-hybridized carbons (Fsp3) is 0.200. The van der Waals surface area contributed by atoms with Crippen molar-refractivity contribution >= 4 is 17.2 Å². The lowest BCUT2D eigenvalue weighted by molar-refractivity contribution is 0.101. The lowest BCUT2D eigenvalue weighted by Crippen LogP contribution is -2.03. The van der Waals surface area contributed by atoms with Crippen LogP contribution >= 0.6 is 0 Å². The number of ketones is 1. The molecule has 30 heavy (non-hydrogen) atoms. The number of benzene rings is 3. The van der Waals surface area contributed by atoms with Gasteiger partial charge in [-0.2, -0.15) is 5.26 Å². The number of nitrogens with one attached hydrogen (secondary N) is 1. The molecule has 5 nitrogen and oxygen atoms in total. The van der Waals surface area contributed by atoms with Crippen LogP contribution in [0.15, 0.2) is 60.7 Å². The number of Topliss-reactive ketones (excluding diaryl/α,β-unsaturated/α-hetero) is 1. The van der Waals surface area contributed by atoms with E-state index in [4.69, 9.17) is 10.00 Å². The first-order valence-corrected chi connectivity index (χ1v) is 9.86. The Balaban J connectivity index is 1.74. The van der Waals surface area contributed by atoms with Gasteiger partial charge in [0.2, 0.25) is 0 Å². The summed E-state index contributed by atoms with van der Waals surface area (Å²) in [7, 11) is 0. The Bertz CT molecular complexity index is 1080. The number of carbonyl (C=O) groups excluding carboxylic acids is 1. The Morgan fingerprint density at radius 2 is 1.87 bits per heavy atom. The highest BCUT2D eigenvalue weighted by Crippen LogP contribution is 2.33. The average Bonchev–Trinajstić information content (AvgIpc) is 2.75. The smallest absolute Gasteiger partial charge is 0.163 e. The lowest BCUT2D eigenvalue weighted by Gasteiger charge is -2.15. The maximum Gasteiger partial charge on any atom is 0.163 e. The Morgan fingerprint density at radius 1 is 1.10 bits per heavy atom. The third-order valence-electron chi connectivity index (χ3n) is 4.74. The summed E-state index contributed by atoms with van der Waals surface area (Å²) in [6, 6.07) is 20.6. The van der Waals surface area contributed by atoms with Crippen molar-refractivity contribution in [3.05, 3.63) is 82.9 Å². The molecule has 2 N–H and O–H groups in total. The molecule has 0 aromatic heterocycles. The van der Waals surface area contributed by atoms with Crippen LogP contribution in [0.4, 0.5) is 11.4 Å². The van der Waals surface area contributed by atoms with Gasteiger partial charge in [0.25, 0.3) is 0 Å². The van der Waals surface area contributed by atoms with E-state index >= 15 is 0 Å². The summed E-state index contributed by atoms with van der Waals surface area (Å²) >= 11 is 0. The molecule has 0 bridgehead atoms. The number of anilines is 2. The van der Waals surface area contributed by atoms with Gasteiger partial charge in [0, 0.05) is 16.9 Å². The highest BCUT2D eigenvalue weighted by molar-refractivity contribution is 5.97. The highest BCUT2D eigenvalue weighted by atomic mass is 16.5. The molecule has 0 amide bonds. The number of phenols is 1. The van der Waals surface area contributed by atoms with Gasteiger partial charge in [0.05, 0.1) is 17.2 Å². The standard InChI is InChI=1S/C25H24N2O3/c1-3-5-23-24(13-12-22(17(2)28)25(23)29)30-16-19-6-4-7-21(14-19)27-20-10-8-18(15-26)9-11-20/h4,6-14,27,29H,3,5,16H2,1-2H3. The van der Waals surface area contributed by atoms with Crippen LogP contribution in [0.1, 0.15) is 47.3 Å². The first-order valence-electron chi connectivity index (χ1n) is 9.86. The van der Waals surface area contributed by atoms with E-state index in [1.54, 1.807) is 24.3 Å². The zero-order valence-corrected chi connectivity index (χ0v) is 17.1. The number of hydrogen-bond acceptors (Lipinski definition) is 5. The summed E-state index contributed by atoms with van der Waals surface area (Å²) < 4.78 is 5.99. The van der Waals surface area contributed by atoms with Gasteiger partial charge in [-0.3, -0.25) is 4.79 Å². The summed E-state index contributed by atoms with van der Waals surface area (Å²) in [4.78, 5) is 11.7. The number of nitrogens with zero attached hydrogens (tertiary/aromatic N) is 1. The molecule has 0 spiro atoms. The fourth-order valence-corrected chi connectivity index (χ4v) is 3.22. The van der Waals surface area contributed by atoms with Gasteiger partial charge in [-0.1, -0.05) is 25.5 Å². The minimum absolute atomic E-state index is 0.0121. The summed E-state index contributed by atoms with van der Waals surface area (Å²) in [5.41, 5.74) is 4.36. The van der Waals surface area contributed by atoms with Crippen molar-refractivity contribution < 1.29 is 14.6 Å². The van der Waals surface area contributed by atoms with Crippen molar-refractivity contribution in [2.24, 2.45) is 0 Å². The molecular weight excluding hydrogens is 376 g/mol. The molecule has 5 heteroatoms. The molecule has 152 valence electrons. The largest absolute Gasteiger partial charge is 0.507 e. The summed E-state index contributed by atoms with van der Waals surface area (Å²) in [6.07, 6.45) is 1.46. The Hall–Kier alpha value is -3.78. The Morgan fingerprint density at radius 3 is 2.53 bits per heavy atom. The van der Waals surface area contributed by atoms with Crippen LogP contribution in [-0.4, -0.2) is 10.9 Å². The average molecular weight is 400 g/mol. The van der Waals surface area contributed by atoms with Gasteiger partial charge in [0.1, 0.15) is 18.1 Å². The van der Waals surface area contributed by atoms with Crippen molar-refractivity contribution in [3.8, 4) is 17.6 Å². The van der Waals surface area contributed by atoms with Crippen LogP contribution in [0.2, 0.25) is 0 Å². The normalized spacial score (nSPS) is 10.3. The number of hydrogen-bond donors (Lipinski definition) is 2. The first kappa shape index (κ1) is 20.9. The first-order chi connectivity index (χ1) is 14.5. The summed E-state index contributed by atoms with van der Waals surface area (Å²) in [5.74, 6) is 0.431. The number of aromatic hydroxyl groups is 1. The quantitative estimate of drug-likeness (QED) is 0.471. The van der Waals surface area contributed by atoms with Crippen molar-refractivity contribution in [2.75, 3.05) is 5.32 Å². The number of nitriles is 1. The Labute approximate surface area is 176 Å². The molecule has 0 aliphatic carbocycles. The third-order valence-corrected chi connectivity index (χ3v) is 4.74. The molecule has 0 atom stereocenters. The van der Waals surface area contributed by atoms with E-state index in [9.17, 15) is 9.90 Å². The second-order valence-corrected chi connectivity index (χ2v) is 7.05. The zero-order chi connectivity index (χ0) is 21.5. The van der Waals surface area contributed by atoms with Crippen LogP contribution in [0.25, 0.3) is 0 Å². The molecule has 0 aliphatic heterocycles. The maximum absolute atomic E-state index is 11.7. The maximum atomic E-state index is 11.7. The van der Waals surface area contributed by atoms with Gasteiger partial charge < -0.3 is 15.2 Å². The molecule has 0 fully saturated rings. The second-order valence-electron chi connectivity index (χ2n) is 7.05. The number of ether oxygens (including phenoxy) is 1. The molecule has 0 saturated heterocycles. The van der Waals surface area contributed by atoms with E-state index in [-0.39, 0.29) is 11.5 Å². The molecule has 3 aromatic rings. The predicted octanol–water partition coefficient (Wildman–Crippen LogP) is 5.74. The van der Waals surface area contributed by atoms with Crippen molar-refractivity contribution in [2.45, 2.75) is 33.3 Å². The minimum Gasteiger partial charge on any atom is -0.507 e. The Kier molecular flexibility index (Phi) is 6.71. The van der Waals surface area contributed by atoms with E-state index in [0.717, 1.165) is 23.4 Å². The van der Waals surface area contributed by atoms with Crippen LogP contribution in [0.5, 0.6) is 11.5 Å². The van der Waals surface area contributed by atoms with Crippen molar-refractivity contribution in [1.82, 2.24) is 0 Å². The van der Waals surface area contributed by atoms with Crippen LogP contribution in [-0.2, 0) is 13.0 Å². The molecule has 0 heterocycles. The van der Waals surface area contributed by atoms with Gasteiger partial charge in [-0.15, -0.1) is 0 Å². The fourth-order valence-electron chi connectivity index (χ4n) is 3.22. The van der Waals surface area contributed by atoms with Gasteiger partial charge in [0.15, 0.2) is 5.78 Å². The molecule has 3 aromatic carbocycles. The molecular formula is C25H24N2O3. The summed E-state index contributed by atoms with van der Waals surface area (Å²) in [5, 5.41) is 22.7. The zero-order valence-electron chi connectivity index (χ0n) is 17.1. The monoisotopic (exact) mass is 400 g/mol. The van der Waals surface area contributed by atoms with Gasteiger partial charge >= 0.3 is 0 Å². The van der Waals surface area contributed by atoms with E-state index in [1.807, 2.05) is 43.3 Å². The molecule has 0 aliphatic rings. The minimum atomic E-state index is -0.169. The van der Waals surface area contributed by atoms with E-state index in [0.29, 0.717) is 35.5 Å². The molecule has 0 saturated carbocycles. The summed E-state index contributed by atoms with van der Waals surface area (Å²) in [6.45, 7) is 3.79. The van der Waals surface area contributed by atoms with Crippen molar-refractivity contribution in [3.63, 3.8) is 0 Å². The van der Waals surface area contributed by atoms with Crippen LogP contribution in [0, 0.1) is 11.3 Å². The van der Waals surface area contributed by atoms with E-state index < -0.39 is 0 Å². The SMILES string of the molecule is CCCc1c(OCc2cccc(Nc3ccc(C#N)cc3)c2)ccc(C(C)=O)c1O. The van der Waals surface area contributed by atoms with Gasteiger partial charge in [-0.05, 0) is 67.4 Å². The lowest BCUT2D eigenvalue weighted by atomic mass is 10.0. The van der Waals surface area contributed by atoms with Crippen molar-refractivity contribution in [1.29, 1.82) is 5.26 Å². The van der Waals surface area contributed by atoms with Crippen LogP contribution < -0.4 is 10.1 Å². The number of phenolic OH excluding ortho intramolecular Hbond substituents is 1. The van der Waals surface area contributed by atoms with Gasteiger partial charge in [-0.25, -0.2) is 0 Å². The molecule has 0 radical (unpaired) electrons. The number of rotatable bonds is 8. The number of carbonyl (C=O) groups is 1. The predicted molar refractivity (Wildman–Crippen MR) is 117 cm³/mol. The van der Waals surface area contributed by atoms with E-state index in [1.165, 1.54) is 6.92 Å². The highest BCUT2D eigenvalue weighted by Gasteiger charge is 2.16. The second kappa shape index (κ2) is 9.62. The topological polar surface area (TPSA) is 82.3 Å².